The van der Waals surface area contributed by atoms with Gasteiger partial charge in [0.2, 0.25) is 0 Å². The summed E-state index contributed by atoms with van der Waals surface area (Å²) < 4.78 is 0. The van der Waals surface area contributed by atoms with Crippen molar-refractivity contribution in [2.24, 2.45) is 0 Å². The number of urea groups is 1. The minimum Gasteiger partial charge on any atom is -0.333 e. The molecule has 18 heavy (non-hydrogen) atoms. The lowest BCUT2D eigenvalue weighted by Crippen LogP contribution is -2.27. The van der Waals surface area contributed by atoms with Crippen molar-refractivity contribution >= 4 is 34.7 Å². The van der Waals surface area contributed by atoms with Crippen molar-refractivity contribution in [1.29, 1.82) is 0 Å². The van der Waals surface area contributed by atoms with Crippen LogP contribution in [0.5, 0.6) is 0 Å². The molecule has 3 nitrogen and oxygen atoms in total. The number of aryl methyl sites for hydroxylation is 1. The van der Waals surface area contributed by atoms with E-state index in [1.165, 1.54) is 5.56 Å². The largest absolute Gasteiger partial charge is 0.333 e. The Hall–Kier alpha value is -1.52. The SMILES string of the molecule is Cc1csc(CNC(=O)Nc2ccc(Cl)cc2)c1. The van der Waals surface area contributed by atoms with Gasteiger partial charge in [0.15, 0.2) is 0 Å². The zero-order chi connectivity index (χ0) is 13.0. The van der Waals surface area contributed by atoms with Gasteiger partial charge in [0.1, 0.15) is 0 Å². The minimum absolute atomic E-state index is 0.219. The Kier molecular flexibility index (Phi) is 4.23. The monoisotopic (exact) mass is 280 g/mol. The molecule has 5 heteroatoms. The molecule has 0 saturated carbocycles. The summed E-state index contributed by atoms with van der Waals surface area (Å²) in [6, 6.07) is 8.84. The molecule has 1 aromatic heterocycles. The number of rotatable bonds is 3. The van der Waals surface area contributed by atoms with Crippen LogP contribution in [0, 0.1) is 6.92 Å². The maximum absolute atomic E-state index is 11.6. The second-order valence-corrected chi connectivity index (χ2v) is 5.34. The van der Waals surface area contributed by atoms with Crippen molar-refractivity contribution in [2.75, 3.05) is 5.32 Å². The average Bonchev–Trinajstić information content (AvgIpc) is 2.76. The fourth-order valence-corrected chi connectivity index (χ4v) is 2.40. The Bertz CT molecular complexity index is 536. The molecule has 1 aromatic carbocycles. The van der Waals surface area contributed by atoms with Crippen LogP contribution in [0.15, 0.2) is 35.7 Å². The quantitative estimate of drug-likeness (QED) is 0.875. The highest BCUT2D eigenvalue weighted by Crippen LogP contribution is 2.14. The zero-order valence-electron chi connectivity index (χ0n) is 9.87. The van der Waals surface area contributed by atoms with E-state index in [-0.39, 0.29) is 6.03 Å². The molecular formula is C13H13ClN2OS. The molecule has 94 valence electrons. The van der Waals surface area contributed by atoms with E-state index in [1.54, 1.807) is 35.6 Å². The van der Waals surface area contributed by atoms with Crippen LogP contribution in [0.1, 0.15) is 10.4 Å². The molecule has 0 unspecified atom stereocenters. The molecular weight excluding hydrogens is 268 g/mol. The van der Waals surface area contributed by atoms with E-state index in [0.717, 1.165) is 10.6 Å². The van der Waals surface area contributed by atoms with Crippen molar-refractivity contribution in [3.8, 4) is 0 Å². The third kappa shape index (κ3) is 3.75. The number of benzene rings is 1. The lowest BCUT2D eigenvalue weighted by Gasteiger charge is -2.06. The highest BCUT2D eigenvalue weighted by molar-refractivity contribution is 7.10. The molecule has 0 aliphatic rings. The molecule has 0 aliphatic heterocycles. The zero-order valence-corrected chi connectivity index (χ0v) is 11.4. The van der Waals surface area contributed by atoms with Gasteiger partial charge in [0, 0.05) is 15.6 Å². The van der Waals surface area contributed by atoms with Gasteiger partial charge in [-0.3, -0.25) is 0 Å². The highest BCUT2D eigenvalue weighted by atomic mass is 35.5. The molecule has 2 aromatic rings. The van der Waals surface area contributed by atoms with Crippen molar-refractivity contribution in [2.45, 2.75) is 13.5 Å². The van der Waals surface area contributed by atoms with Gasteiger partial charge in [-0.25, -0.2) is 4.79 Å². The second-order valence-electron chi connectivity index (χ2n) is 3.90. The van der Waals surface area contributed by atoms with E-state index in [9.17, 15) is 4.79 Å². The molecule has 0 radical (unpaired) electrons. The van der Waals surface area contributed by atoms with Crippen LogP contribution >= 0.6 is 22.9 Å². The lowest BCUT2D eigenvalue weighted by atomic mass is 10.3. The van der Waals surface area contributed by atoms with E-state index in [0.29, 0.717) is 11.6 Å². The van der Waals surface area contributed by atoms with Crippen molar-refractivity contribution < 1.29 is 4.79 Å². The number of thiophene rings is 1. The number of hydrogen-bond acceptors (Lipinski definition) is 2. The number of carbonyl (C=O) groups is 1. The molecule has 1 heterocycles. The van der Waals surface area contributed by atoms with Gasteiger partial charge in [-0.1, -0.05) is 11.6 Å². The second kappa shape index (κ2) is 5.89. The first kappa shape index (κ1) is 12.9. The number of nitrogens with one attached hydrogen (secondary N) is 2. The van der Waals surface area contributed by atoms with E-state index >= 15 is 0 Å². The van der Waals surface area contributed by atoms with Crippen LogP contribution in [0.2, 0.25) is 5.02 Å². The number of amides is 2. The Morgan fingerprint density at radius 1 is 1.33 bits per heavy atom. The molecule has 2 rings (SSSR count). The normalized spacial score (nSPS) is 10.1. The molecule has 0 saturated heterocycles. The van der Waals surface area contributed by atoms with Gasteiger partial charge in [-0.15, -0.1) is 11.3 Å². The molecule has 2 amide bonds. The van der Waals surface area contributed by atoms with Gasteiger partial charge >= 0.3 is 6.03 Å². The first-order valence-corrected chi connectivity index (χ1v) is 6.74. The predicted molar refractivity (Wildman–Crippen MR) is 76.4 cm³/mol. The fraction of sp³-hybridized carbons (Fsp3) is 0.154. The van der Waals surface area contributed by atoms with Gasteiger partial charge < -0.3 is 10.6 Å². The van der Waals surface area contributed by atoms with E-state index in [4.69, 9.17) is 11.6 Å². The van der Waals surface area contributed by atoms with Crippen LogP contribution in [0.25, 0.3) is 0 Å². The van der Waals surface area contributed by atoms with Crippen molar-refractivity contribution in [3.05, 3.63) is 51.2 Å². The third-order valence-electron chi connectivity index (χ3n) is 2.31. The summed E-state index contributed by atoms with van der Waals surface area (Å²) in [4.78, 5) is 12.8. The summed E-state index contributed by atoms with van der Waals surface area (Å²) in [6.45, 7) is 2.58. The molecule has 0 fully saturated rings. The molecule has 0 aliphatic carbocycles. The Morgan fingerprint density at radius 3 is 2.67 bits per heavy atom. The number of hydrogen-bond donors (Lipinski definition) is 2. The Balaban J connectivity index is 1.83. The number of carbonyl (C=O) groups excluding carboxylic acids is 1. The maximum Gasteiger partial charge on any atom is 0.319 e. The minimum atomic E-state index is -0.219. The Morgan fingerprint density at radius 2 is 2.06 bits per heavy atom. The van der Waals surface area contributed by atoms with E-state index in [1.807, 2.05) is 6.92 Å². The van der Waals surface area contributed by atoms with Gasteiger partial charge in [-0.2, -0.15) is 0 Å². The summed E-state index contributed by atoms with van der Waals surface area (Å²) in [5.41, 5.74) is 1.94. The maximum atomic E-state index is 11.6. The van der Waals surface area contributed by atoms with Crippen molar-refractivity contribution in [1.82, 2.24) is 5.32 Å². The highest BCUT2D eigenvalue weighted by Gasteiger charge is 2.02. The first-order valence-electron chi connectivity index (χ1n) is 5.48. The topological polar surface area (TPSA) is 41.1 Å². The summed E-state index contributed by atoms with van der Waals surface area (Å²) >= 11 is 7.40. The van der Waals surface area contributed by atoms with Gasteiger partial charge in [0.25, 0.3) is 0 Å². The van der Waals surface area contributed by atoms with Crippen LogP contribution in [0.4, 0.5) is 10.5 Å². The third-order valence-corrected chi connectivity index (χ3v) is 3.62. The summed E-state index contributed by atoms with van der Waals surface area (Å²) in [5, 5.41) is 8.26. The van der Waals surface area contributed by atoms with Crippen molar-refractivity contribution in [3.63, 3.8) is 0 Å². The Labute approximate surface area is 115 Å². The lowest BCUT2D eigenvalue weighted by molar-refractivity contribution is 0.252. The standard InChI is InChI=1S/C13H13ClN2OS/c1-9-6-12(18-8-9)7-15-13(17)16-11-4-2-10(14)3-5-11/h2-6,8H,7H2,1H3,(H2,15,16,17). The van der Waals surface area contributed by atoms with Crippen LogP contribution < -0.4 is 10.6 Å². The fourth-order valence-electron chi connectivity index (χ4n) is 1.46. The summed E-state index contributed by atoms with van der Waals surface area (Å²) in [5.74, 6) is 0. The first-order chi connectivity index (χ1) is 8.63. The average molecular weight is 281 g/mol. The van der Waals surface area contributed by atoms with E-state index in [2.05, 4.69) is 22.1 Å². The summed E-state index contributed by atoms with van der Waals surface area (Å²) in [7, 11) is 0. The smallest absolute Gasteiger partial charge is 0.319 e. The predicted octanol–water partition coefficient (Wildman–Crippen LogP) is 4.03. The number of halogens is 1. The van der Waals surface area contributed by atoms with Crippen LogP contribution in [0.3, 0.4) is 0 Å². The molecule has 0 atom stereocenters. The van der Waals surface area contributed by atoms with E-state index < -0.39 is 0 Å². The van der Waals surface area contributed by atoms with Crippen LogP contribution in [-0.2, 0) is 6.54 Å². The van der Waals surface area contributed by atoms with Gasteiger partial charge in [0.05, 0.1) is 6.54 Å². The molecule has 0 bridgehead atoms. The van der Waals surface area contributed by atoms with Crippen LogP contribution in [-0.4, -0.2) is 6.03 Å². The molecule has 0 spiro atoms. The number of anilines is 1. The summed E-state index contributed by atoms with van der Waals surface area (Å²) in [6.07, 6.45) is 0. The molecule has 2 N–H and O–H groups in total. The van der Waals surface area contributed by atoms with Gasteiger partial charge in [-0.05, 0) is 48.2 Å².